The van der Waals surface area contributed by atoms with Gasteiger partial charge in [0.05, 0.1) is 5.69 Å². The molecule has 0 saturated carbocycles. The van der Waals surface area contributed by atoms with Gasteiger partial charge in [-0.1, -0.05) is 22.6 Å². The lowest BCUT2D eigenvalue weighted by Crippen LogP contribution is -2.00. The maximum atomic E-state index is 4.31. The van der Waals surface area contributed by atoms with Gasteiger partial charge in [0.15, 0.2) is 0 Å². The van der Waals surface area contributed by atoms with Crippen molar-refractivity contribution >= 4 is 22.6 Å². The molecule has 1 rings (SSSR count). The van der Waals surface area contributed by atoms with Crippen molar-refractivity contribution in [2.45, 2.75) is 24.8 Å². The number of nitrogens with zero attached hydrogens (tertiary/aromatic N) is 2. The Balaban J connectivity index is 2.96. The first-order chi connectivity index (χ1) is 4.77. The van der Waals surface area contributed by atoms with Crippen LogP contribution in [0.25, 0.3) is 0 Å². The Kier molecular flexibility index (Phi) is 2.71. The Bertz CT molecular complexity index is 196. The number of aromatic nitrogens is 2. The van der Waals surface area contributed by atoms with Gasteiger partial charge in [-0.2, -0.15) is 5.10 Å². The molecule has 2 nitrogen and oxygen atoms in total. The summed E-state index contributed by atoms with van der Waals surface area (Å²) in [6, 6.07) is 2.13. The number of halogens is 1. The Morgan fingerprint density at radius 3 is 2.80 bits per heavy atom. The molecule has 1 aromatic heterocycles. The van der Waals surface area contributed by atoms with Gasteiger partial charge in [0.1, 0.15) is 0 Å². The maximum absolute atomic E-state index is 4.31. The lowest BCUT2D eigenvalue weighted by atomic mass is 10.4. The Hall–Kier alpha value is -0.0600. The second kappa shape index (κ2) is 3.37. The van der Waals surface area contributed by atoms with Crippen LogP contribution < -0.4 is 0 Å². The minimum absolute atomic E-state index is 0.978. The average Bonchev–Trinajstić information content (AvgIpc) is 2.30. The van der Waals surface area contributed by atoms with Crippen LogP contribution in [0.5, 0.6) is 0 Å². The molecule has 0 atom stereocenters. The number of hydrogen-bond donors (Lipinski definition) is 0. The maximum Gasteiger partial charge on any atom is 0.0596 e. The van der Waals surface area contributed by atoms with Crippen LogP contribution in [0.2, 0.25) is 0 Å². The highest BCUT2D eigenvalue weighted by Crippen LogP contribution is 2.07. The van der Waals surface area contributed by atoms with Crippen LogP contribution in [0.15, 0.2) is 6.07 Å². The fourth-order valence-electron chi connectivity index (χ4n) is 0.980. The van der Waals surface area contributed by atoms with Crippen molar-refractivity contribution in [1.29, 1.82) is 0 Å². The summed E-state index contributed by atoms with van der Waals surface area (Å²) in [7, 11) is 0. The third-order valence-electron chi connectivity index (χ3n) is 1.42. The second-order valence-electron chi connectivity index (χ2n) is 2.23. The summed E-state index contributed by atoms with van der Waals surface area (Å²) in [4.78, 5) is 0. The second-order valence-corrected chi connectivity index (χ2v) is 2.99. The molecular formula is C7H11IN2. The first kappa shape index (κ1) is 8.04. The van der Waals surface area contributed by atoms with E-state index in [9.17, 15) is 0 Å². The van der Waals surface area contributed by atoms with E-state index in [1.807, 2.05) is 11.6 Å². The van der Waals surface area contributed by atoms with E-state index in [0.717, 1.165) is 16.7 Å². The number of alkyl halides is 1. The van der Waals surface area contributed by atoms with Gasteiger partial charge in [0.2, 0.25) is 0 Å². The monoisotopic (exact) mass is 250 g/mol. The summed E-state index contributed by atoms with van der Waals surface area (Å²) >= 11 is 2.35. The highest BCUT2D eigenvalue weighted by atomic mass is 127. The molecule has 0 aromatic carbocycles. The summed E-state index contributed by atoms with van der Waals surface area (Å²) in [5.74, 6) is 0. The first-order valence-corrected chi connectivity index (χ1v) is 4.89. The van der Waals surface area contributed by atoms with Crippen LogP contribution in [-0.4, -0.2) is 9.78 Å². The molecule has 0 saturated heterocycles. The van der Waals surface area contributed by atoms with Gasteiger partial charge in [-0.25, -0.2) is 0 Å². The van der Waals surface area contributed by atoms with Crippen molar-refractivity contribution in [3.63, 3.8) is 0 Å². The van der Waals surface area contributed by atoms with Gasteiger partial charge < -0.3 is 0 Å². The zero-order valence-corrected chi connectivity index (χ0v) is 8.42. The quantitative estimate of drug-likeness (QED) is 0.580. The fraction of sp³-hybridized carbons (Fsp3) is 0.571. The summed E-state index contributed by atoms with van der Waals surface area (Å²) in [5, 5.41) is 4.31. The minimum atomic E-state index is 0.978. The summed E-state index contributed by atoms with van der Waals surface area (Å²) in [6.45, 7) is 5.12. The number of aryl methyl sites for hydroxylation is 2. The van der Waals surface area contributed by atoms with E-state index < -0.39 is 0 Å². The topological polar surface area (TPSA) is 17.8 Å². The third-order valence-corrected chi connectivity index (χ3v) is 2.20. The van der Waals surface area contributed by atoms with E-state index >= 15 is 0 Å². The molecule has 1 aromatic rings. The van der Waals surface area contributed by atoms with E-state index in [-0.39, 0.29) is 0 Å². The zero-order chi connectivity index (χ0) is 7.56. The zero-order valence-electron chi connectivity index (χ0n) is 6.26. The number of hydrogen-bond acceptors (Lipinski definition) is 1. The molecule has 0 aliphatic rings. The predicted octanol–water partition coefficient (Wildman–Crippen LogP) is 2.15. The molecule has 56 valence electrons. The molecule has 1 heterocycles. The van der Waals surface area contributed by atoms with E-state index in [1.165, 1.54) is 5.69 Å². The van der Waals surface area contributed by atoms with Gasteiger partial charge >= 0.3 is 0 Å². The summed E-state index contributed by atoms with van der Waals surface area (Å²) in [6.07, 6.45) is 0. The molecule has 0 N–H and O–H groups in total. The van der Waals surface area contributed by atoms with E-state index in [0.29, 0.717) is 0 Å². The predicted molar refractivity (Wildman–Crippen MR) is 50.4 cm³/mol. The lowest BCUT2D eigenvalue weighted by molar-refractivity contribution is 0.633. The van der Waals surface area contributed by atoms with Crippen LogP contribution in [0, 0.1) is 6.92 Å². The van der Waals surface area contributed by atoms with Gasteiger partial charge in [0, 0.05) is 16.7 Å². The molecule has 0 bridgehead atoms. The molecule has 3 heteroatoms. The van der Waals surface area contributed by atoms with Crippen molar-refractivity contribution in [2.75, 3.05) is 0 Å². The van der Waals surface area contributed by atoms with E-state index in [4.69, 9.17) is 0 Å². The molecule has 0 spiro atoms. The van der Waals surface area contributed by atoms with Crippen molar-refractivity contribution in [3.8, 4) is 0 Å². The van der Waals surface area contributed by atoms with Crippen molar-refractivity contribution in [3.05, 3.63) is 17.5 Å². The average molecular weight is 250 g/mol. The van der Waals surface area contributed by atoms with Gasteiger partial charge in [-0.15, -0.1) is 0 Å². The molecule has 0 aliphatic heterocycles. The van der Waals surface area contributed by atoms with Gasteiger partial charge in [-0.05, 0) is 19.9 Å². The Morgan fingerprint density at radius 2 is 2.40 bits per heavy atom. The van der Waals surface area contributed by atoms with Crippen LogP contribution >= 0.6 is 22.6 Å². The first-order valence-electron chi connectivity index (χ1n) is 3.37. The molecule has 0 fully saturated rings. The molecule has 0 unspecified atom stereocenters. The van der Waals surface area contributed by atoms with Gasteiger partial charge in [-0.3, -0.25) is 4.68 Å². The Morgan fingerprint density at radius 1 is 1.70 bits per heavy atom. The largest absolute Gasteiger partial charge is 0.269 e. The molecule has 0 radical (unpaired) electrons. The fourth-order valence-corrected chi connectivity index (χ4v) is 1.59. The molecule has 0 aliphatic carbocycles. The summed E-state index contributed by atoms with van der Waals surface area (Å²) < 4.78 is 3.09. The number of rotatable bonds is 2. The van der Waals surface area contributed by atoms with Crippen LogP contribution in [-0.2, 0) is 11.0 Å². The van der Waals surface area contributed by atoms with Crippen LogP contribution in [0.3, 0.4) is 0 Å². The van der Waals surface area contributed by atoms with Crippen molar-refractivity contribution in [1.82, 2.24) is 9.78 Å². The highest BCUT2D eigenvalue weighted by molar-refractivity contribution is 14.1. The lowest BCUT2D eigenvalue weighted by Gasteiger charge is -1.98. The minimum Gasteiger partial charge on any atom is -0.269 e. The molecule has 0 amide bonds. The van der Waals surface area contributed by atoms with Crippen molar-refractivity contribution < 1.29 is 0 Å². The van der Waals surface area contributed by atoms with E-state index in [2.05, 4.69) is 40.7 Å². The van der Waals surface area contributed by atoms with Crippen molar-refractivity contribution in [2.24, 2.45) is 0 Å². The standard InChI is InChI=1S/C7H11IN2/c1-3-10-7(5-8)4-6(2)9-10/h4H,3,5H2,1-2H3. The smallest absolute Gasteiger partial charge is 0.0596 e. The SMILES string of the molecule is CCn1nc(C)cc1CI. The molecular weight excluding hydrogens is 239 g/mol. The third kappa shape index (κ3) is 1.51. The highest BCUT2D eigenvalue weighted by Gasteiger charge is 1.99. The van der Waals surface area contributed by atoms with Crippen LogP contribution in [0.4, 0.5) is 0 Å². The van der Waals surface area contributed by atoms with Crippen LogP contribution in [0.1, 0.15) is 18.3 Å². The normalized spacial score (nSPS) is 10.3. The van der Waals surface area contributed by atoms with Gasteiger partial charge in [0.25, 0.3) is 0 Å². The molecule has 10 heavy (non-hydrogen) atoms. The van der Waals surface area contributed by atoms with E-state index in [1.54, 1.807) is 0 Å². The summed E-state index contributed by atoms with van der Waals surface area (Å²) in [5.41, 5.74) is 2.44. The Labute approximate surface area is 74.8 Å².